The van der Waals surface area contributed by atoms with E-state index in [1.54, 1.807) is 11.3 Å². The Morgan fingerprint density at radius 2 is 2.05 bits per heavy atom. The average Bonchev–Trinajstić information content (AvgIpc) is 2.84. The van der Waals surface area contributed by atoms with Gasteiger partial charge in [-0.3, -0.25) is 4.79 Å². The van der Waals surface area contributed by atoms with E-state index in [4.69, 9.17) is 0 Å². The SMILES string of the molecule is CCc1ccc(CNCC(NC(C)=O)C(=O)OC)s1. The maximum Gasteiger partial charge on any atom is 0.329 e. The Kier molecular flexibility index (Phi) is 6.52. The molecule has 5 nitrogen and oxygen atoms in total. The molecule has 0 saturated heterocycles. The molecule has 6 heteroatoms. The summed E-state index contributed by atoms with van der Waals surface area (Å²) < 4.78 is 4.65. The first-order valence-corrected chi connectivity index (χ1v) is 7.01. The number of carbonyl (C=O) groups is 2. The molecule has 0 saturated carbocycles. The van der Waals surface area contributed by atoms with E-state index in [-0.39, 0.29) is 5.91 Å². The largest absolute Gasteiger partial charge is 0.467 e. The summed E-state index contributed by atoms with van der Waals surface area (Å²) in [5, 5.41) is 5.72. The van der Waals surface area contributed by atoms with Gasteiger partial charge in [0.25, 0.3) is 0 Å². The molecule has 0 radical (unpaired) electrons. The molecule has 0 fully saturated rings. The molecule has 0 aliphatic rings. The van der Waals surface area contributed by atoms with Crippen LogP contribution in [0.25, 0.3) is 0 Å². The molecule has 1 aromatic rings. The lowest BCUT2D eigenvalue weighted by atomic mass is 10.3. The van der Waals surface area contributed by atoms with Crippen LogP contribution in [0.3, 0.4) is 0 Å². The molecular weight excluding hydrogens is 264 g/mol. The van der Waals surface area contributed by atoms with Crippen LogP contribution < -0.4 is 10.6 Å². The van der Waals surface area contributed by atoms with E-state index < -0.39 is 12.0 Å². The Bertz CT molecular complexity index is 431. The Balaban J connectivity index is 2.43. The zero-order chi connectivity index (χ0) is 14.3. The highest BCUT2D eigenvalue weighted by molar-refractivity contribution is 7.11. The average molecular weight is 284 g/mol. The highest BCUT2D eigenvalue weighted by Gasteiger charge is 2.19. The Morgan fingerprint density at radius 1 is 1.37 bits per heavy atom. The van der Waals surface area contributed by atoms with Crippen LogP contribution >= 0.6 is 11.3 Å². The number of esters is 1. The van der Waals surface area contributed by atoms with Gasteiger partial charge in [0, 0.05) is 29.8 Å². The van der Waals surface area contributed by atoms with E-state index in [0.29, 0.717) is 13.1 Å². The van der Waals surface area contributed by atoms with Crippen molar-refractivity contribution in [3.63, 3.8) is 0 Å². The molecule has 0 aliphatic heterocycles. The first-order chi connectivity index (χ1) is 9.06. The van der Waals surface area contributed by atoms with Gasteiger partial charge in [-0.15, -0.1) is 11.3 Å². The van der Waals surface area contributed by atoms with E-state index in [2.05, 4.69) is 34.4 Å². The van der Waals surface area contributed by atoms with E-state index in [1.165, 1.54) is 23.8 Å². The number of rotatable bonds is 7. The predicted molar refractivity (Wildman–Crippen MR) is 75.0 cm³/mol. The van der Waals surface area contributed by atoms with Gasteiger partial charge in [0.05, 0.1) is 7.11 Å². The zero-order valence-corrected chi connectivity index (χ0v) is 12.3. The van der Waals surface area contributed by atoms with Crippen molar-refractivity contribution >= 4 is 23.2 Å². The number of aryl methyl sites for hydroxylation is 1. The summed E-state index contributed by atoms with van der Waals surface area (Å²) in [6, 6.07) is 3.53. The van der Waals surface area contributed by atoms with Crippen molar-refractivity contribution in [2.24, 2.45) is 0 Å². The van der Waals surface area contributed by atoms with Crippen LogP contribution in [0.2, 0.25) is 0 Å². The highest BCUT2D eigenvalue weighted by Crippen LogP contribution is 2.16. The molecule has 0 aliphatic carbocycles. The van der Waals surface area contributed by atoms with Crippen LogP contribution in [0.4, 0.5) is 0 Å². The highest BCUT2D eigenvalue weighted by atomic mass is 32.1. The van der Waals surface area contributed by atoms with Crippen molar-refractivity contribution in [2.75, 3.05) is 13.7 Å². The predicted octanol–water partition coefficient (Wildman–Crippen LogP) is 1.08. The second kappa shape index (κ2) is 7.91. The monoisotopic (exact) mass is 284 g/mol. The Hall–Kier alpha value is -1.40. The van der Waals surface area contributed by atoms with Gasteiger partial charge >= 0.3 is 5.97 Å². The number of ether oxygens (including phenoxy) is 1. The molecule has 19 heavy (non-hydrogen) atoms. The summed E-state index contributed by atoms with van der Waals surface area (Å²) in [5.74, 6) is -0.690. The van der Waals surface area contributed by atoms with Gasteiger partial charge in [-0.1, -0.05) is 6.92 Å². The number of nitrogens with one attached hydrogen (secondary N) is 2. The fourth-order valence-electron chi connectivity index (χ4n) is 1.63. The van der Waals surface area contributed by atoms with Gasteiger partial charge < -0.3 is 15.4 Å². The third-order valence-electron chi connectivity index (χ3n) is 2.58. The van der Waals surface area contributed by atoms with Crippen LogP contribution in [0.15, 0.2) is 12.1 Å². The van der Waals surface area contributed by atoms with Crippen LogP contribution in [-0.2, 0) is 27.3 Å². The number of amides is 1. The molecule has 1 aromatic heterocycles. The van der Waals surface area contributed by atoms with E-state index in [1.807, 2.05) is 0 Å². The summed E-state index contributed by atoms with van der Waals surface area (Å²) in [7, 11) is 1.31. The minimum atomic E-state index is -0.645. The molecule has 1 unspecified atom stereocenters. The topological polar surface area (TPSA) is 67.4 Å². The van der Waals surface area contributed by atoms with Gasteiger partial charge in [-0.2, -0.15) is 0 Å². The maximum absolute atomic E-state index is 11.5. The van der Waals surface area contributed by atoms with Gasteiger partial charge in [0.2, 0.25) is 5.91 Å². The van der Waals surface area contributed by atoms with E-state index in [0.717, 1.165) is 6.42 Å². The number of carbonyl (C=O) groups excluding carboxylic acids is 2. The minimum absolute atomic E-state index is 0.249. The van der Waals surface area contributed by atoms with Gasteiger partial charge in [0.1, 0.15) is 6.04 Å². The Morgan fingerprint density at radius 3 is 2.58 bits per heavy atom. The van der Waals surface area contributed by atoms with Crippen molar-refractivity contribution < 1.29 is 14.3 Å². The van der Waals surface area contributed by atoms with Crippen molar-refractivity contribution in [2.45, 2.75) is 32.9 Å². The van der Waals surface area contributed by atoms with Crippen LogP contribution in [0, 0.1) is 0 Å². The van der Waals surface area contributed by atoms with Crippen LogP contribution in [0.5, 0.6) is 0 Å². The number of methoxy groups -OCH3 is 1. The van der Waals surface area contributed by atoms with Crippen molar-refractivity contribution in [1.29, 1.82) is 0 Å². The fourth-order valence-corrected chi connectivity index (χ4v) is 2.56. The smallest absolute Gasteiger partial charge is 0.329 e. The summed E-state index contributed by atoms with van der Waals surface area (Å²) in [6.45, 7) is 4.53. The molecule has 0 spiro atoms. The summed E-state index contributed by atoms with van der Waals surface area (Å²) in [5.41, 5.74) is 0. The first-order valence-electron chi connectivity index (χ1n) is 6.20. The number of hydrogen-bond donors (Lipinski definition) is 2. The van der Waals surface area contributed by atoms with Crippen molar-refractivity contribution in [3.8, 4) is 0 Å². The summed E-state index contributed by atoms with van der Waals surface area (Å²) >= 11 is 1.75. The molecule has 1 rings (SSSR count). The van der Waals surface area contributed by atoms with Gasteiger partial charge in [-0.05, 0) is 18.6 Å². The van der Waals surface area contributed by atoms with Crippen LogP contribution in [0.1, 0.15) is 23.6 Å². The maximum atomic E-state index is 11.5. The summed E-state index contributed by atoms with van der Waals surface area (Å²) in [4.78, 5) is 25.0. The molecule has 0 aromatic carbocycles. The minimum Gasteiger partial charge on any atom is -0.467 e. The van der Waals surface area contributed by atoms with Crippen molar-refractivity contribution in [1.82, 2.24) is 10.6 Å². The lowest BCUT2D eigenvalue weighted by molar-refractivity contribution is -0.144. The lowest BCUT2D eigenvalue weighted by Crippen LogP contribution is -2.46. The molecule has 2 N–H and O–H groups in total. The second-order valence-electron chi connectivity index (χ2n) is 4.13. The molecule has 1 atom stereocenters. The second-order valence-corrected chi connectivity index (χ2v) is 5.38. The molecular formula is C13H20N2O3S. The van der Waals surface area contributed by atoms with E-state index in [9.17, 15) is 9.59 Å². The fraction of sp³-hybridized carbons (Fsp3) is 0.538. The zero-order valence-electron chi connectivity index (χ0n) is 11.5. The summed E-state index contributed by atoms with van der Waals surface area (Å²) in [6.07, 6.45) is 1.03. The Labute approximate surface area is 117 Å². The van der Waals surface area contributed by atoms with Crippen molar-refractivity contribution in [3.05, 3.63) is 21.9 Å². The molecule has 1 heterocycles. The standard InChI is InChI=1S/C13H20N2O3S/c1-4-10-5-6-11(19-10)7-14-8-12(13(17)18-3)15-9(2)16/h5-6,12,14H,4,7-8H2,1-3H3,(H,15,16). The van der Waals surface area contributed by atoms with Gasteiger partial charge in [-0.25, -0.2) is 4.79 Å². The molecule has 0 bridgehead atoms. The lowest BCUT2D eigenvalue weighted by Gasteiger charge is -2.15. The van der Waals surface area contributed by atoms with E-state index >= 15 is 0 Å². The first kappa shape index (κ1) is 15.7. The molecule has 106 valence electrons. The number of thiophene rings is 1. The third kappa shape index (κ3) is 5.40. The quantitative estimate of drug-likeness (QED) is 0.735. The normalized spacial score (nSPS) is 11.9. The third-order valence-corrected chi connectivity index (χ3v) is 3.81. The molecule has 1 amide bonds. The van der Waals surface area contributed by atoms with Gasteiger partial charge in [0.15, 0.2) is 0 Å². The van der Waals surface area contributed by atoms with Crippen LogP contribution in [-0.4, -0.2) is 31.6 Å². The number of hydrogen-bond acceptors (Lipinski definition) is 5.